The van der Waals surface area contributed by atoms with Crippen molar-refractivity contribution in [2.75, 3.05) is 40.3 Å². The summed E-state index contributed by atoms with van der Waals surface area (Å²) in [5, 5.41) is 0. The Morgan fingerprint density at radius 3 is 2.54 bits per heavy atom. The average molecular weight is 530 g/mol. The summed E-state index contributed by atoms with van der Waals surface area (Å²) in [4.78, 5) is 23.1. The third-order valence-electron chi connectivity index (χ3n) is 6.92. The van der Waals surface area contributed by atoms with Crippen LogP contribution in [0.1, 0.15) is 45.1 Å². The van der Waals surface area contributed by atoms with Gasteiger partial charge in [0, 0.05) is 32.9 Å². The number of rotatable bonds is 10. The van der Waals surface area contributed by atoms with Gasteiger partial charge >= 0.3 is 0 Å². The van der Waals surface area contributed by atoms with E-state index < -0.39 is 10.0 Å². The van der Waals surface area contributed by atoms with Crippen LogP contribution in [-0.2, 0) is 23.5 Å². The van der Waals surface area contributed by atoms with Crippen molar-refractivity contribution >= 4 is 21.1 Å². The molecule has 0 radical (unpaired) electrons. The summed E-state index contributed by atoms with van der Waals surface area (Å²) < 4.78 is 36.6. The van der Waals surface area contributed by atoms with Crippen LogP contribution in [0.25, 0.3) is 22.4 Å². The van der Waals surface area contributed by atoms with E-state index in [2.05, 4.69) is 16.8 Å². The predicted molar refractivity (Wildman–Crippen MR) is 147 cm³/mol. The highest BCUT2D eigenvalue weighted by Gasteiger charge is 2.30. The lowest BCUT2D eigenvalue weighted by atomic mass is 9.98. The van der Waals surface area contributed by atoms with Crippen LogP contribution in [0.5, 0.6) is 5.75 Å². The molecule has 1 fully saturated rings. The van der Waals surface area contributed by atoms with E-state index in [4.69, 9.17) is 9.72 Å². The lowest BCUT2D eigenvalue weighted by molar-refractivity contribution is 0.225. The first-order valence-corrected chi connectivity index (χ1v) is 14.6. The molecule has 37 heavy (non-hydrogen) atoms. The third kappa shape index (κ3) is 5.76. The number of H-pyrrole nitrogens is 1. The Hall–Kier alpha value is -2.69. The number of nitrogens with one attached hydrogen (secondary N) is 1. The second kappa shape index (κ2) is 11.4. The topological polar surface area (TPSA) is 101 Å². The number of hydrogen-bond acceptors (Lipinski definition) is 6. The number of benzene rings is 1. The van der Waals surface area contributed by atoms with Crippen molar-refractivity contribution in [3.05, 3.63) is 40.3 Å². The molecule has 2 aromatic heterocycles. The lowest BCUT2D eigenvalue weighted by Crippen LogP contribution is -2.40. The van der Waals surface area contributed by atoms with Crippen molar-refractivity contribution in [1.29, 1.82) is 0 Å². The van der Waals surface area contributed by atoms with Crippen molar-refractivity contribution in [1.82, 2.24) is 23.7 Å². The Morgan fingerprint density at radius 2 is 1.89 bits per heavy atom. The van der Waals surface area contributed by atoms with E-state index >= 15 is 0 Å². The van der Waals surface area contributed by atoms with E-state index in [9.17, 15) is 13.2 Å². The highest BCUT2D eigenvalue weighted by molar-refractivity contribution is 7.89. The molecule has 3 aromatic rings. The zero-order valence-corrected chi connectivity index (χ0v) is 23.4. The molecule has 1 aliphatic rings. The largest absolute Gasteiger partial charge is 0.493 e. The molecule has 0 unspecified atom stereocenters. The quantitative estimate of drug-likeness (QED) is 0.431. The standard InChI is InChI=1S/C27H39N5O4S/c1-6-8-20-18-31(5)25-24(20)28-26(29-27(25)33)22-16-21(9-10-23(22)36-15-7-2)37(34,35)32-13-11-19(12-14-32)17-30(3)4/h9-10,16,18-19H,6-8,11-15,17H2,1-5H3,(H,28,29,33). The van der Waals surface area contributed by atoms with Crippen molar-refractivity contribution in [3.8, 4) is 17.1 Å². The number of piperidine rings is 1. The van der Waals surface area contributed by atoms with E-state index in [-0.39, 0.29) is 10.5 Å². The summed E-state index contributed by atoms with van der Waals surface area (Å²) in [6.07, 6.45) is 6.12. The molecule has 1 aliphatic heterocycles. The summed E-state index contributed by atoms with van der Waals surface area (Å²) in [6.45, 7) is 6.51. The minimum absolute atomic E-state index is 0.182. The molecule has 1 aromatic carbocycles. The number of ether oxygens (including phenoxy) is 1. The SMILES string of the molecule is CCCOc1ccc(S(=O)(=O)N2CCC(CN(C)C)CC2)cc1-c1nc2c(CCC)cn(C)c2c(=O)[nH]1. The van der Waals surface area contributed by atoms with Gasteiger partial charge in [-0.3, -0.25) is 4.79 Å². The number of aryl methyl sites for hydroxylation is 2. The van der Waals surface area contributed by atoms with Gasteiger partial charge in [0.15, 0.2) is 0 Å². The minimum atomic E-state index is -3.71. The fourth-order valence-corrected chi connectivity index (χ4v) is 6.64. The number of sulfonamides is 1. The molecule has 0 saturated carbocycles. The van der Waals surface area contributed by atoms with Gasteiger partial charge in [-0.15, -0.1) is 0 Å². The predicted octanol–water partition coefficient (Wildman–Crippen LogP) is 3.63. The molecule has 10 heteroatoms. The van der Waals surface area contributed by atoms with Crippen molar-refractivity contribution in [3.63, 3.8) is 0 Å². The Bertz CT molecular complexity index is 1400. The van der Waals surface area contributed by atoms with Crippen LogP contribution in [-0.4, -0.2) is 72.5 Å². The van der Waals surface area contributed by atoms with Crippen LogP contribution in [0.2, 0.25) is 0 Å². The second-order valence-electron chi connectivity index (χ2n) is 10.2. The van der Waals surface area contributed by atoms with Crippen molar-refractivity contribution in [2.24, 2.45) is 13.0 Å². The summed E-state index contributed by atoms with van der Waals surface area (Å²) in [7, 11) is 2.22. The number of nitrogens with zero attached hydrogens (tertiary/aromatic N) is 4. The molecular formula is C27H39N5O4S. The molecular weight excluding hydrogens is 490 g/mol. The van der Waals surface area contributed by atoms with Crippen LogP contribution in [0.15, 0.2) is 34.1 Å². The molecule has 0 aliphatic carbocycles. The van der Waals surface area contributed by atoms with E-state index in [1.54, 1.807) is 27.1 Å². The van der Waals surface area contributed by atoms with Crippen LogP contribution >= 0.6 is 0 Å². The first-order valence-electron chi connectivity index (χ1n) is 13.2. The summed E-state index contributed by atoms with van der Waals surface area (Å²) in [5.41, 5.74) is 2.35. The van der Waals surface area contributed by atoms with Gasteiger partial charge in [-0.2, -0.15) is 4.31 Å². The number of fused-ring (bicyclic) bond motifs is 1. The Kier molecular flexibility index (Phi) is 8.40. The molecule has 202 valence electrons. The molecule has 4 rings (SSSR count). The minimum Gasteiger partial charge on any atom is -0.493 e. The molecule has 0 bridgehead atoms. The molecule has 3 heterocycles. The third-order valence-corrected chi connectivity index (χ3v) is 8.82. The van der Waals surface area contributed by atoms with E-state index in [0.717, 1.165) is 44.2 Å². The van der Waals surface area contributed by atoms with E-state index in [1.807, 2.05) is 34.3 Å². The highest BCUT2D eigenvalue weighted by Crippen LogP contribution is 2.33. The van der Waals surface area contributed by atoms with Crippen molar-refractivity contribution < 1.29 is 13.2 Å². The van der Waals surface area contributed by atoms with Crippen LogP contribution < -0.4 is 10.3 Å². The normalized spacial score (nSPS) is 15.6. The van der Waals surface area contributed by atoms with E-state index in [0.29, 0.717) is 53.8 Å². The van der Waals surface area contributed by atoms with Gasteiger partial charge in [0.05, 0.1) is 22.6 Å². The van der Waals surface area contributed by atoms with Gasteiger partial charge in [0.25, 0.3) is 5.56 Å². The fourth-order valence-electron chi connectivity index (χ4n) is 5.15. The highest BCUT2D eigenvalue weighted by atomic mass is 32.2. The number of aromatic amines is 1. The maximum absolute atomic E-state index is 13.6. The van der Waals surface area contributed by atoms with Gasteiger partial charge in [0.2, 0.25) is 10.0 Å². The Morgan fingerprint density at radius 1 is 1.16 bits per heavy atom. The summed E-state index contributed by atoms with van der Waals surface area (Å²) in [5.74, 6) is 1.31. The molecule has 0 amide bonds. The smallest absolute Gasteiger partial charge is 0.275 e. The van der Waals surface area contributed by atoms with Crippen LogP contribution in [0.3, 0.4) is 0 Å². The molecule has 1 saturated heterocycles. The Labute approximate surface area is 219 Å². The molecule has 0 spiro atoms. The van der Waals surface area contributed by atoms with Crippen LogP contribution in [0, 0.1) is 5.92 Å². The Balaban J connectivity index is 1.75. The summed E-state index contributed by atoms with van der Waals surface area (Å²) in [6, 6.07) is 4.87. The fraction of sp³-hybridized carbons (Fsp3) is 0.556. The first-order chi connectivity index (χ1) is 17.6. The van der Waals surface area contributed by atoms with Gasteiger partial charge < -0.3 is 19.2 Å². The first kappa shape index (κ1) is 27.3. The van der Waals surface area contributed by atoms with Gasteiger partial charge in [-0.25, -0.2) is 13.4 Å². The zero-order chi connectivity index (χ0) is 26.7. The van der Waals surface area contributed by atoms with Crippen LogP contribution in [0.4, 0.5) is 0 Å². The van der Waals surface area contributed by atoms with E-state index in [1.165, 1.54) is 0 Å². The van der Waals surface area contributed by atoms with Gasteiger partial charge in [-0.05, 0) is 69.5 Å². The number of hydrogen-bond donors (Lipinski definition) is 1. The second-order valence-corrected chi connectivity index (χ2v) is 12.2. The molecule has 0 atom stereocenters. The zero-order valence-electron chi connectivity index (χ0n) is 22.6. The van der Waals surface area contributed by atoms with Gasteiger partial charge in [-0.1, -0.05) is 20.3 Å². The van der Waals surface area contributed by atoms with Crippen molar-refractivity contribution in [2.45, 2.75) is 50.8 Å². The molecule has 1 N–H and O–H groups in total. The lowest BCUT2D eigenvalue weighted by Gasteiger charge is -2.32. The monoisotopic (exact) mass is 529 g/mol. The maximum atomic E-state index is 13.6. The number of aromatic nitrogens is 3. The average Bonchev–Trinajstić information content (AvgIpc) is 3.18. The molecule has 9 nitrogen and oxygen atoms in total. The summed E-state index contributed by atoms with van der Waals surface area (Å²) >= 11 is 0. The van der Waals surface area contributed by atoms with Gasteiger partial charge in [0.1, 0.15) is 17.1 Å². The maximum Gasteiger partial charge on any atom is 0.275 e.